The van der Waals surface area contributed by atoms with E-state index in [0.29, 0.717) is 13.0 Å². The van der Waals surface area contributed by atoms with Crippen LogP contribution in [0, 0.1) is 6.92 Å². The number of hydrogen-bond donors (Lipinski definition) is 2. The second-order valence-corrected chi connectivity index (χ2v) is 4.16. The third kappa shape index (κ3) is 3.48. The van der Waals surface area contributed by atoms with Crippen molar-refractivity contribution < 1.29 is 4.79 Å². The number of hydrogen-bond acceptors (Lipinski definition) is 1. The predicted molar refractivity (Wildman–Crippen MR) is 67.5 cm³/mol. The number of amides is 1. The molecule has 0 aliphatic rings. The van der Waals surface area contributed by atoms with Gasteiger partial charge in [0.2, 0.25) is 5.91 Å². The summed E-state index contributed by atoms with van der Waals surface area (Å²) in [4.78, 5) is 14.7. The van der Waals surface area contributed by atoms with Gasteiger partial charge in [0.05, 0.1) is 6.42 Å². The van der Waals surface area contributed by atoms with Crippen LogP contribution in [0.2, 0.25) is 0 Å². The van der Waals surface area contributed by atoms with Gasteiger partial charge in [0.25, 0.3) is 0 Å². The van der Waals surface area contributed by atoms with E-state index in [2.05, 4.69) is 10.3 Å². The van der Waals surface area contributed by atoms with Crippen molar-refractivity contribution in [1.82, 2.24) is 10.3 Å². The predicted octanol–water partition coefficient (Wildman–Crippen LogP) is 2.18. The molecule has 0 aliphatic heterocycles. The van der Waals surface area contributed by atoms with E-state index in [0.717, 1.165) is 11.1 Å². The monoisotopic (exact) mass is 228 g/mol. The Morgan fingerprint density at radius 2 is 2.18 bits per heavy atom. The number of H-pyrrole nitrogens is 1. The van der Waals surface area contributed by atoms with E-state index >= 15 is 0 Å². The molecule has 0 aliphatic carbocycles. The first-order valence-corrected chi connectivity index (χ1v) is 5.68. The minimum Gasteiger partial charge on any atom is -0.367 e. The third-order valence-electron chi connectivity index (χ3n) is 2.60. The Morgan fingerprint density at radius 3 is 2.88 bits per heavy atom. The average molecular weight is 228 g/mol. The largest absolute Gasteiger partial charge is 0.367 e. The molecule has 17 heavy (non-hydrogen) atoms. The van der Waals surface area contributed by atoms with Gasteiger partial charge < -0.3 is 10.3 Å². The number of carbonyl (C=O) groups excluding carboxylic acids is 1. The van der Waals surface area contributed by atoms with Crippen LogP contribution < -0.4 is 5.32 Å². The summed E-state index contributed by atoms with van der Waals surface area (Å²) in [6.07, 6.45) is 4.17. The summed E-state index contributed by atoms with van der Waals surface area (Å²) < 4.78 is 0. The molecular formula is C14H16N2O. The van der Waals surface area contributed by atoms with Crippen LogP contribution in [0.15, 0.2) is 42.7 Å². The van der Waals surface area contributed by atoms with Gasteiger partial charge in [-0.25, -0.2) is 0 Å². The van der Waals surface area contributed by atoms with E-state index in [1.54, 1.807) is 0 Å². The van der Waals surface area contributed by atoms with Crippen LogP contribution in [-0.2, 0) is 17.8 Å². The highest BCUT2D eigenvalue weighted by Crippen LogP contribution is 2.04. The van der Waals surface area contributed by atoms with Crippen molar-refractivity contribution in [1.29, 1.82) is 0 Å². The van der Waals surface area contributed by atoms with Crippen LogP contribution in [0.3, 0.4) is 0 Å². The molecule has 0 atom stereocenters. The molecule has 3 heteroatoms. The lowest BCUT2D eigenvalue weighted by Crippen LogP contribution is -2.24. The molecular weight excluding hydrogens is 212 g/mol. The van der Waals surface area contributed by atoms with Gasteiger partial charge in [0.1, 0.15) is 0 Å². The highest BCUT2D eigenvalue weighted by atomic mass is 16.1. The molecule has 1 heterocycles. The second-order valence-electron chi connectivity index (χ2n) is 4.16. The fourth-order valence-electron chi connectivity index (χ4n) is 1.74. The molecule has 2 aromatic rings. The minimum absolute atomic E-state index is 0.0526. The number of benzene rings is 1. The molecule has 0 saturated heterocycles. The normalized spacial score (nSPS) is 10.2. The lowest BCUT2D eigenvalue weighted by molar-refractivity contribution is -0.120. The van der Waals surface area contributed by atoms with Crippen molar-refractivity contribution >= 4 is 5.91 Å². The second kappa shape index (κ2) is 5.34. The van der Waals surface area contributed by atoms with Crippen LogP contribution in [0.25, 0.3) is 0 Å². The minimum atomic E-state index is 0.0526. The molecule has 2 rings (SSSR count). The highest BCUT2D eigenvalue weighted by Gasteiger charge is 2.03. The van der Waals surface area contributed by atoms with E-state index in [1.165, 1.54) is 5.56 Å². The number of carbonyl (C=O) groups is 1. The van der Waals surface area contributed by atoms with Crippen molar-refractivity contribution in [3.63, 3.8) is 0 Å². The quantitative estimate of drug-likeness (QED) is 0.827. The van der Waals surface area contributed by atoms with Gasteiger partial charge in [-0.1, -0.05) is 29.8 Å². The summed E-state index contributed by atoms with van der Waals surface area (Å²) in [5, 5.41) is 2.89. The third-order valence-corrected chi connectivity index (χ3v) is 2.60. The zero-order chi connectivity index (χ0) is 12.1. The summed E-state index contributed by atoms with van der Waals surface area (Å²) in [5.41, 5.74) is 3.32. The molecule has 1 aromatic heterocycles. The van der Waals surface area contributed by atoms with Gasteiger partial charge in [-0.3, -0.25) is 4.79 Å². The summed E-state index contributed by atoms with van der Waals surface area (Å²) in [6, 6.07) is 9.97. The van der Waals surface area contributed by atoms with Crippen LogP contribution in [0.1, 0.15) is 16.7 Å². The first-order chi connectivity index (χ1) is 8.24. The van der Waals surface area contributed by atoms with Crippen molar-refractivity contribution in [3.05, 3.63) is 59.4 Å². The van der Waals surface area contributed by atoms with Crippen LogP contribution in [0.4, 0.5) is 0 Å². The first-order valence-electron chi connectivity index (χ1n) is 5.68. The van der Waals surface area contributed by atoms with E-state index in [9.17, 15) is 4.79 Å². The van der Waals surface area contributed by atoms with Crippen molar-refractivity contribution in [2.24, 2.45) is 0 Å². The zero-order valence-corrected chi connectivity index (χ0v) is 9.86. The van der Waals surface area contributed by atoms with Crippen molar-refractivity contribution in [2.75, 3.05) is 0 Å². The topological polar surface area (TPSA) is 44.9 Å². The Labute approximate surface area is 101 Å². The average Bonchev–Trinajstić information content (AvgIpc) is 2.79. The summed E-state index contributed by atoms with van der Waals surface area (Å²) in [6.45, 7) is 2.61. The molecule has 0 radical (unpaired) electrons. The lowest BCUT2D eigenvalue weighted by Gasteiger charge is -2.04. The van der Waals surface area contributed by atoms with Crippen molar-refractivity contribution in [3.8, 4) is 0 Å². The van der Waals surface area contributed by atoms with Gasteiger partial charge in [0, 0.05) is 18.9 Å². The standard InChI is InChI=1S/C14H16N2O/c1-11-3-2-4-12(7-11)8-14(17)16-10-13-5-6-15-9-13/h2-7,9,15H,8,10H2,1H3,(H,16,17). The Balaban J connectivity index is 1.85. The number of rotatable bonds is 4. The number of nitrogens with one attached hydrogen (secondary N) is 2. The number of aryl methyl sites for hydroxylation is 1. The molecule has 0 bridgehead atoms. The van der Waals surface area contributed by atoms with Gasteiger partial charge in [0.15, 0.2) is 0 Å². The molecule has 0 unspecified atom stereocenters. The molecule has 0 fully saturated rings. The van der Waals surface area contributed by atoms with E-state index in [4.69, 9.17) is 0 Å². The molecule has 1 amide bonds. The van der Waals surface area contributed by atoms with Gasteiger partial charge in [-0.05, 0) is 24.1 Å². The summed E-state index contributed by atoms with van der Waals surface area (Å²) in [7, 11) is 0. The molecule has 2 N–H and O–H groups in total. The first kappa shape index (κ1) is 11.5. The molecule has 0 saturated carbocycles. The molecule has 1 aromatic carbocycles. The van der Waals surface area contributed by atoms with Crippen LogP contribution in [0.5, 0.6) is 0 Å². The zero-order valence-electron chi connectivity index (χ0n) is 9.86. The lowest BCUT2D eigenvalue weighted by atomic mass is 10.1. The van der Waals surface area contributed by atoms with E-state index in [1.807, 2.05) is 49.6 Å². The maximum absolute atomic E-state index is 11.7. The maximum atomic E-state index is 11.7. The van der Waals surface area contributed by atoms with Gasteiger partial charge in [-0.2, -0.15) is 0 Å². The summed E-state index contributed by atoms with van der Waals surface area (Å²) in [5.74, 6) is 0.0526. The maximum Gasteiger partial charge on any atom is 0.224 e. The number of aromatic nitrogens is 1. The van der Waals surface area contributed by atoms with Crippen molar-refractivity contribution in [2.45, 2.75) is 19.9 Å². The van der Waals surface area contributed by atoms with Crippen LogP contribution >= 0.6 is 0 Å². The van der Waals surface area contributed by atoms with Gasteiger partial charge in [-0.15, -0.1) is 0 Å². The van der Waals surface area contributed by atoms with Crippen LogP contribution in [-0.4, -0.2) is 10.9 Å². The number of aromatic amines is 1. The Morgan fingerprint density at radius 1 is 1.29 bits per heavy atom. The highest BCUT2D eigenvalue weighted by molar-refractivity contribution is 5.78. The molecule has 88 valence electrons. The van der Waals surface area contributed by atoms with E-state index < -0.39 is 0 Å². The Bertz CT molecular complexity index is 489. The smallest absolute Gasteiger partial charge is 0.224 e. The molecule has 0 spiro atoms. The molecule has 3 nitrogen and oxygen atoms in total. The SMILES string of the molecule is Cc1cccc(CC(=O)NCc2cc[nH]c2)c1. The Hall–Kier alpha value is -2.03. The Kier molecular flexibility index (Phi) is 3.60. The summed E-state index contributed by atoms with van der Waals surface area (Å²) >= 11 is 0. The fraction of sp³-hybridized carbons (Fsp3) is 0.214. The van der Waals surface area contributed by atoms with Gasteiger partial charge >= 0.3 is 0 Å². The van der Waals surface area contributed by atoms with E-state index in [-0.39, 0.29) is 5.91 Å². The fourth-order valence-corrected chi connectivity index (χ4v) is 1.74.